The highest BCUT2D eigenvalue weighted by atomic mass is 15.5. The van der Waals surface area contributed by atoms with Crippen LogP contribution in [0.15, 0.2) is 55.0 Å². The topological polar surface area (TPSA) is 130 Å². The first-order valence-corrected chi connectivity index (χ1v) is 9.92. The summed E-state index contributed by atoms with van der Waals surface area (Å²) in [6, 6.07) is 16.1. The van der Waals surface area contributed by atoms with Gasteiger partial charge >= 0.3 is 0 Å². The third-order valence-corrected chi connectivity index (χ3v) is 5.84. The van der Waals surface area contributed by atoms with E-state index in [-0.39, 0.29) is 12.3 Å². The van der Waals surface area contributed by atoms with Crippen LogP contribution in [0.5, 0.6) is 0 Å². The zero-order valence-electron chi connectivity index (χ0n) is 16.6. The van der Waals surface area contributed by atoms with Crippen molar-refractivity contribution >= 4 is 16.6 Å². The van der Waals surface area contributed by atoms with E-state index >= 15 is 0 Å². The Hall–Kier alpha value is -4.30. The van der Waals surface area contributed by atoms with Crippen molar-refractivity contribution in [2.45, 2.75) is 24.8 Å². The van der Waals surface area contributed by atoms with E-state index in [1.54, 1.807) is 23.4 Å². The molecule has 5 rings (SSSR count). The largest absolute Gasteiger partial charge is 0.397 e. The summed E-state index contributed by atoms with van der Waals surface area (Å²) in [6.45, 7) is 0. The molecule has 2 N–H and O–H groups in total. The average Bonchev–Trinajstić information content (AvgIpc) is 3.26. The zero-order valence-corrected chi connectivity index (χ0v) is 16.6. The van der Waals surface area contributed by atoms with Crippen molar-refractivity contribution in [2.24, 2.45) is 5.92 Å². The van der Waals surface area contributed by atoms with E-state index in [4.69, 9.17) is 10.8 Å². The molecule has 8 nitrogen and oxygen atoms in total. The monoisotopic (exact) mass is 406 g/mol. The molecule has 0 atom stereocenters. The fraction of sp³-hybridized carbons (Fsp3) is 0.217. The maximum atomic E-state index is 9.31. The molecule has 0 saturated heterocycles. The van der Waals surface area contributed by atoms with Crippen molar-refractivity contribution < 1.29 is 0 Å². The van der Waals surface area contributed by atoms with Gasteiger partial charge in [-0.1, -0.05) is 6.07 Å². The Labute approximate surface area is 178 Å². The van der Waals surface area contributed by atoms with Crippen LogP contribution in [0.1, 0.15) is 19.3 Å². The number of nitrogens with zero attached hydrogens (tertiary/aromatic N) is 7. The molecule has 0 radical (unpaired) electrons. The summed E-state index contributed by atoms with van der Waals surface area (Å²) < 4.78 is 0. The third kappa shape index (κ3) is 3.15. The van der Waals surface area contributed by atoms with Crippen LogP contribution >= 0.6 is 0 Å². The molecule has 1 aliphatic rings. The van der Waals surface area contributed by atoms with E-state index < -0.39 is 5.54 Å². The fourth-order valence-corrected chi connectivity index (χ4v) is 4.21. The summed E-state index contributed by atoms with van der Waals surface area (Å²) in [6.07, 6.45) is 6.53. The van der Waals surface area contributed by atoms with E-state index in [2.05, 4.69) is 27.2 Å². The summed E-state index contributed by atoms with van der Waals surface area (Å²) in [5, 5.41) is 28.7. The minimum Gasteiger partial charge on any atom is -0.397 e. The first kappa shape index (κ1) is 18.7. The minimum absolute atomic E-state index is 0.0623. The summed E-state index contributed by atoms with van der Waals surface area (Å²) in [5.41, 5.74) is 9.95. The molecular weight excluding hydrogens is 388 g/mol. The Morgan fingerprint density at radius 1 is 1.10 bits per heavy atom. The highest BCUT2D eigenvalue weighted by Crippen LogP contribution is 2.45. The number of rotatable bonds is 4. The quantitative estimate of drug-likeness (QED) is 0.547. The standard InChI is InChI=1S/C23H18N8/c24-6-5-23(10-15(11-23)12-25)31-29-14-22(30-31)19-8-16(20-4-3-17(26)13-28-20)9-21-18(19)2-1-7-27-21/h1-4,7-9,13-15H,5,10-11,26H2. The predicted octanol–water partition coefficient (Wildman–Crippen LogP) is 3.68. The van der Waals surface area contributed by atoms with Gasteiger partial charge in [0.1, 0.15) is 5.69 Å². The molecule has 0 bridgehead atoms. The molecule has 150 valence electrons. The number of hydrogen-bond acceptors (Lipinski definition) is 7. The second-order valence-electron chi connectivity index (χ2n) is 7.88. The number of nitrogens with two attached hydrogens (primary N) is 1. The first-order valence-electron chi connectivity index (χ1n) is 9.92. The first-order chi connectivity index (χ1) is 15.1. The number of anilines is 1. The van der Waals surface area contributed by atoms with Crippen LogP contribution in [-0.4, -0.2) is 25.0 Å². The van der Waals surface area contributed by atoms with E-state index in [0.29, 0.717) is 24.2 Å². The molecule has 0 amide bonds. The maximum Gasteiger partial charge on any atom is 0.113 e. The van der Waals surface area contributed by atoms with Crippen LogP contribution in [0, 0.1) is 28.6 Å². The summed E-state index contributed by atoms with van der Waals surface area (Å²) >= 11 is 0. The normalized spacial score (nSPS) is 20.0. The van der Waals surface area contributed by atoms with Crippen molar-refractivity contribution in [1.82, 2.24) is 25.0 Å². The summed E-state index contributed by atoms with van der Waals surface area (Å²) in [7, 11) is 0. The lowest BCUT2D eigenvalue weighted by Gasteiger charge is -2.42. The van der Waals surface area contributed by atoms with Crippen molar-refractivity contribution in [3.05, 3.63) is 55.0 Å². The minimum atomic E-state index is -0.516. The third-order valence-electron chi connectivity index (χ3n) is 5.84. The number of nitriles is 2. The molecular formula is C23H18N8. The number of nitrogen functional groups attached to an aromatic ring is 1. The lowest BCUT2D eigenvalue weighted by atomic mass is 9.68. The number of pyridine rings is 2. The SMILES string of the molecule is N#CCC1(n2ncc(-c3cc(-c4ccc(N)cn4)cc4ncccc34)n2)CC(C#N)C1. The lowest BCUT2D eigenvalue weighted by molar-refractivity contribution is 0.0713. The second-order valence-corrected chi connectivity index (χ2v) is 7.88. The molecule has 3 aromatic heterocycles. The predicted molar refractivity (Wildman–Crippen MR) is 115 cm³/mol. The van der Waals surface area contributed by atoms with Gasteiger partial charge in [-0.05, 0) is 43.2 Å². The van der Waals surface area contributed by atoms with Crippen LogP contribution in [0.3, 0.4) is 0 Å². The van der Waals surface area contributed by atoms with Gasteiger partial charge in [-0.3, -0.25) is 9.97 Å². The lowest BCUT2D eigenvalue weighted by Crippen LogP contribution is -2.47. The second kappa shape index (κ2) is 7.19. The molecule has 3 heterocycles. The van der Waals surface area contributed by atoms with Crippen LogP contribution in [0.25, 0.3) is 33.4 Å². The Kier molecular flexibility index (Phi) is 4.34. The van der Waals surface area contributed by atoms with Gasteiger partial charge in [-0.15, -0.1) is 0 Å². The van der Waals surface area contributed by atoms with Gasteiger partial charge in [-0.25, -0.2) is 0 Å². The molecule has 4 aromatic rings. The maximum absolute atomic E-state index is 9.31. The van der Waals surface area contributed by atoms with E-state index in [0.717, 1.165) is 27.7 Å². The highest BCUT2D eigenvalue weighted by molar-refractivity contribution is 5.96. The van der Waals surface area contributed by atoms with E-state index in [9.17, 15) is 10.5 Å². The molecule has 8 heteroatoms. The van der Waals surface area contributed by atoms with E-state index in [1.165, 1.54) is 0 Å². The molecule has 31 heavy (non-hydrogen) atoms. The van der Waals surface area contributed by atoms with Crippen molar-refractivity contribution in [1.29, 1.82) is 10.5 Å². The van der Waals surface area contributed by atoms with Gasteiger partial charge in [0, 0.05) is 22.7 Å². The molecule has 1 aliphatic carbocycles. The number of aromatic nitrogens is 5. The molecule has 0 unspecified atom stereocenters. The van der Waals surface area contributed by atoms with Gasteiger partial charge in [0.2, 0.25) is 0 Å². The Bertz CT molecular complexity index is 1350. The van der Waals surface area contributed by atoms with Crippen molar-refractivity contribution in [3.8, 4) is 34.7 Å². The Morgan fingerprint density at radius 3 is 2.71 bits per heavy atom. The number of hydrogen-bond donors (Lipinski definition) is 1. The van der Waals surface area contributed by atoms with Gasteiger partial charge in [0.05, 0.1) is 59.3 Å². The zero-order chi connectivity index (χ0) is 21.4. The molecule has 1 fully saturated rings. The van der Waals surface area contributed by atoms with Gasteiger partial charge in [0.25, 0.3) is 0 Å². The van der Waals surface area contributed by atoms with Gasteiger partial charge < -0.3 is 5.73 Å². The molecule has 0 spiro atoms. The van der Waals surface area contributed by atoms with Gasteiger partial charge in [-0.2, -0.15) is 25.5 Å². The smallest absolute Gasteiger partial charge is 0.113 e. The average molecular weight is 406 g/mol. The summed E-state index contributed by atoms with van der Waals surface area (Å²) in [4.78, 5) is 10.6. The Balaban J connectivity index is 1.62. The fourth-order valence-electron chi connectivity index (χ4n) is 4.21. The van der Waals surface area contributed by atoms with Crippen LogP contribution < -0.4 is 5.73 Å². The van der Waals surface area contributed by atoms with Crippen LogP contribution in [-0.2, 0) is 5.54 Å². The van der Waals surface area contributed by atoms with Crippen molar-refractivity contribution in [2.75, 3.05) is 5.73 Å². The van der Waals surface area contributed by atoms with Crippen molar-refractivity contribution in [3.63, 3.8) is 0 Å². The van der Waals surface area contributed by atoms with Crippen LogP contribution in [0.4, 0.5) is 5.69 Å². The molecule has 0 aliphatic heterocycles. The number of fused-ring (bicyclic) bond motifs is 1. The number of benzene rings is 1. The summed E-state index contributed by atoms with van der Waals surface area (Å²) in [5.74, 6) is -0.0623. The Morgan fingerprint density at radius 2 is 1.97 bits per heavy atom. The molecule has 1 saturated carbocycles. The highest BCUT2D eigenvalue weighted by Gasteiger charge is 2.48. The van der Waals surface area contributed by atoms with Crippen LogP contribution in [0.2, 0.25) is 0 Å². The van der Waals surface area contributed by atoms with Gasteiger partial charge in [0.15, 0.2) is 0 Å². The molecule has 1 aromatic carbocycles. The van der Waals surface area contributed by atoms with E-state index in [1.807, 2.05) is 36.4 Å².